The lowest BCUT2D eigenvalue weighted by Gasteiger charge is -2.68. The Labute approximate surface area is 203 Å². The van der Waals surface area contributed by atoms with Crippen molar-refractivity contribution < 1.29 is 9.53 Å². The summed E-state index contributed by atoms with van der Waals surface area (Å²) in [7, 11) is 1.89. The highest BCUT2D eigenvalue weighted by Gasteiger charge is 2.71. The summed E-state index contributed by atoms with van der Waals surface area (Å²) in [6, 6.07) is 0. The zero-order chi connectivity index (χ0) is 24.2. The van der Waals surface area contributed by atoms with E-state index in [0.717, 1.165) is 12.3 Å². The van der Waals surface area contributed by atoms with E-state index in [4.69, 9.17) is 4.74 Å². The molecule has 2 nitrogen and oxygen atoms in total. The maximum absolute atomic E-state index is 14.4. The molecule has 0 bridgehead atoms. The van der Waals surface area contributed by atoms with E-state index in [1.54, 1.807) is 0 Å². The van der Waals surface area contributed by atoms with E-state index in [9.17, 15) is 4.79 Å². The molecular weight excluding hydrogens is 404 g/mol. The molecular formula is C31H50O2. The number of rotatable bonds is 2. The van der Waals surface area contributed by atoms with Gasteiger partial charge in [-0.05, 0) is 109 Å². The van der Waals surface area contributed by atoms with Gasteiger partial charge in [-0.15, -0.1) is 0 Å². The fraction of sp³-hybridized carbons (Fsp3) is 0.903. The molecule has 0 heterocycles. The summed E-state index contributed by atoms with van der Waals surface area (Å²) in [6.07, 6.45) is 12.5. The van der Waals surface area contributed by atoms with Crippen molar-refractivity contribution in [2.45, 2.75) is 113 Å². The van der Waals surface area contributed by atoms with Gasteiger partial charge in [-0.3, -0.25) is 4.79 Å². The third-order valence-electron chi connectivity index (χ3n) is 13.3. The third-order valence-corrected chi connectivity index (χ3v) is 13.3. The Bertz CT molecular complexity index is 868. The average Bonchev–Trinajstić information content (AvgIpc) is 3.09. The third kappa shape index (κ3) is 2.74. The highest BCUT2D eigenvalue weighted by Crippen LogP contribution is 2.75. The van der Waals surface area contributed by atoms with Gasteiger partial charge in [0.05, 0.1) is 6.10 Å². The van der Waals surface area contributed by atoms with E-state index < -0.39 is 0 Å². The monoisotopic (exact) mass is 454 g/mol. The normalized spacial score (nSPS) is 53.1. The minimum atomic E-state index is -0.208. The SMILES string of the molecule is COC1CCC2(C)C3=CC(=O)C4(C)C5CCC(C(C)C)C5(C)CCC4(C)C3CCC2C1(C)C. The van der Waals surface area contributed by atoms with Crippen LogP contribution >= 0.6 is 0 Å². The van der Waals surface area contributed by atoms with Gasteiger partial charge in [0.15, 0.2) is 5.78 Å². The zero-order valence-corrected chi connectivity index (χ0v) is 23.0. The summed E-state index contributed by atoms with van der Waals surface area (Å²) in [5.74, 6) is 3.65. The maximum Gasteiger partial charge on any atom is 0.162 e. The van der Waals surface area contributed by atoms with Crippen LogP contribution in [0.2, 0.25) is 0 Å². The molecule has 2 heteroatoms. The van der Waals surface area contributed by atoms with E-state index in [2.05, 4.69) is 61.5 Å². The molecule has 0 aromatic rings. The van der Waals surface area contributed by atoms with Crippen molar-refractivity contribution in [3.63, 3.8) is 0 Å². The number of ether oxygens (including phenoxy) is 1. The molecule has 186 valence electrons. The van der Waals surface area contributed by atoms with Crippen LogP contribution in [0.15, 0.2) is 11.6 Å². The largest absolute Gasteiger partial charge is 0.381 e. The first kappa shape index (κ1) is 24.1. The van der Waals surface area contributed by atoms with Gasteiger partial charge < -0.3 is 4.74 Å². The Kier molecular flexibility index (Phi) is 5.26. The molecule has 0 aliphatic heterocycles. The summed E-state index contributed by atoms with van der Waals surface area (Å²) in [5, 5.41) is 0. The highest BCUT2D eigenvalue weighted by molar-refractivity contribution is 5.98. The maximum atomic E-state index is 14.4. The van der Waals surface area contributed by atoms with Crippen molar-refractivity contribution in [3.05, 3.63) is 11.6 Å². The van der Waals surface area contributed by atoms with Crippen molar-refractivity contribution in [1.82, 2.24) is 0 Å². The second-order valence-electron chi connectivity index (χ2n) is 14.8. The standard InChI is InChI=1S/C31H50O2/c1-19(2)20-10-13-24-29(20,6)16-17-30(7)21-11-12-23-27(3,4)26(33-9)14-15-28(23,5)22(21)18-25(32)31(24,30)8/h18-21,23-24,26H,10-17H2,1-9H3. The van der Waals surface area contributed by atoms with Crippen LogP contribution in [-0.2, 0) is 9.53 Å². The van der Waals surface area contributed by atoms with Gasteiger partial charge in [-0.25, -0.2) is 0 Å². The van der Waals surface area contributed by atoms with Gasteiger partial charge in [0, 0.05) is 12.5 Å². The van der Waals surface area contributed by atoms with Crippen LogP contribution in [0.5, 0.6) is 0 Å². The van der Waals surface area contributed by atoms with Crippen LogP contribution < -0.4 is 0 Å². The summed E-state index contributed by atoms with van der Waals surface area (Å²) in [4.78, 5) is 14.4. The first-order valence-electron chi connectivity index (χ1n) is 14.1. The highest BCUT2D eigenvalue weighted by atomic mass is 16.5. The predicted octanol–water partition coefficient (Wildman–Crippen LogP) is 7.86. The lowest BCUT2D eigenvalue weighted by atomic mass is 9.35. The van der Waals surface area contributed by atoms with Gasteiger partial charge in [0.1, 0.15) is 0 Å². The molecule has 9 unspecified atom stereocenters. The van der Waals surface area contributed by atoms with Gasteiger partial charge >= 0.3 is 0 Å². The van der Waals surface area contributed by atoms with Crippen LogP contribution in [0.1, 0.15) is 107 Å². The van der Waals surface area contributed by atoms with Crippen LogP contribution in [0.3, 0.4) is 0 Å². The fourth-order valence-electron chi connectivity index (χ4n) is 11.4. The molecule has 33 heavy (non-hydrogen) atoms. The number of hydrogen-bond donors (Lipinski definition) is 0. The number of hydrogen-bond acceptors (Lipinski definition) is 2. The minimum absolute atomic E-state index is 0.0977. The molecule has 5 aliphatic carbocycles. The Morgan fingerprint density at radius 3 is 2.18 bits per heavy atom. The predicted molar refractivity (Wildman–Crippen MR) is 136 cm³/mol. The molecule has 0 amide bonds. The van der Waals surface area contributed by atoms with Crippen LogP contribution in [0, 0.1) is 56.7 Å². The smallest absolute Gasteiger partial charge is 0.162 e. The lowest BCUT2D eigenvalue weighted by Crippen LogP contribution is -2.64. The van der Waals surface area contributed by atoms with Crippen molar-refractivity contribution in [2.24, 2.45) is 56.7 Å². The first-order valence-corrected chi connectivity index (χ1v) is 14.1. The fourth-order valence-corrected chi connectivity index (χ4v) is 11.4. The number of fused-ring (bicyclic) bond motifs is 7. The average molecular weight is 455 g/mol. The van der Waals surface area contributed by atoms with Crippen LogP contribution in [0.4, 0.5) is 0 Å². The number of carbonyl (C=O) groups is 1. The van der Waals surface area contributed by atoms with E-state index in [0.29, 0.717) is 41.0 Å². The molecule has 4 fully saturated rings. The molecule has 0 N–H and O–H groups in total. The zero-order valence-electron chi connectivity index (χ0n) is 23.0. The topological polar surface area (TPSA) is 26.3 Å². The molecule has 0 radical (unpaired) electrons. The second-order valence-corrected chi connectivity index (χ2v) is 14.8. The molecule has 9 atom stereocenters. The number of methoxy groups -OCH3 is 1. The Morgan fingerprint density at radius 2 is 1.55 bits per heavy atom. The number of carbonyl (C=O) groups excluding carboxylic acids is 1. The van der Waals surface area contributed by atoms with Crippen LogP contribution in [-0.4, -0.2) is 19.0 Å². The number of allylic oxidation sites excluding steroid dienone is 2. The Balaban J connectivity index is 1.59. The lowest BCUT2D eigenvalue weighted by molar-refractivity contribution is -0.178. The van der Waals surface area contributed by atoms with Crippen molar-refractivity contribution in [2.75, 3.05) is 7.11 Å². The van der Waals surface area contributed by atoms with Crippen molar-refractivity contribution >= 4 is 5.78 Å². The van der Waals surface area contributed by atoms with E-state index >= 15 is 0 Å². The van der Waals surface area contributed by atoms with Crippen molar-refractivity contribution in [3.8, 4) is 0 Å². The molecule has 5 rings (SSSR count). The summed E-state index contributed by atoms with van der Waals surface area (Å²) in [6.45, 7) is 19.7. The molecule has 0 aromatic heterocycles. The Hall–Kier alpha value is -0.630. The van der Waals surface area contributed by atoms with Gasteiger partial charge in [-0.2, -0.15) is 0 Å². The molecule has 0 spiro atoms. The second kappa shape index (κ2) is 7.21. The first-order chi connectivity index (χ1) is 15.3. The molecule has 0 saturated heterocycles. The minimum Gasteiger partial charge on any atom is -0.381 e. The van der Waals surface area contributed by atoms with E-state index in [1.165, 1.54) is 50.5 Å². The van der Waals surface area contributed by atoms with Gasteiger partial charge in [0.2, 0.25) is 0 Å². The quantitative estimate of drug-likeness (QED) is 0.424. The van der Waals surface area contributed by atoms with Gasteiger partial charge in [0.25, 0.3) is 0 Å². The summed E-state index contributed by atoms with van der Waals surface area (Å²) >= 11 is 0. The Morgan fingerprint density at radius 1 is 0.879 bits per heavy atom. The van der Waals surface area contributed by atoms with Crippen LogP contribution in [0.25, 0.3) is 0 Å². The molecule has 4 saturated carbocycles. The van der Waals surface area contributed by atoms with Gasteiger partial charge in [-0.1, -0.05) is 61.0 Å². The number of ketones is 1. The summed E-state index contributed by atoms with van der Waals surface area (Å²) < 4.78 is 5.98. The summed E-state index contributed by atoms with van der Waals surface area (Å²) in [5.41, 5.74) is 2.04. The van der Waals surface area contributed by atoms with E-state index in [1.807, 2.05) is 7.11 Å². The van der Waals surface area contributed by atoms with E-state index in [-0.39, 0.29) is 21.7 Å². The van der Waals surface area contributed by atoms with Crippen molar-refractivity contribution in [1.29, 1.82) is 0 Å². The molecule has 5 aliphatic rings. The molecule has 0 aromatic carbocycles.